The van der Waals surface area contributed by atoms with Crippen LogP contribution in [0.1, 0.15) is 37.7 Å². The third kappa shape index (κ3) is 5.54. The molecule has 51 heavy (non-hydrogen) atoms. The number of amides is 1. The first-order valence-electron chi connectivity index (χ1n) is 17.1. The molecule has 1 amide bonds. The second kappa shape index (κ2) is 12.7. The number of benzene rings is 3. The van der Waals surface area contributed by atoms with E-state index < -0.39 is 40.8 Å². The van der Waals surface area contributed by atoms with Crippen LogP contribution in [-0.2, 0) is 0 Å². The van der Waals surface area contributed by atoms with Gasteiger partial charge in [-0.25, -0.2) is 22.4 Å². The average molecular weight is 705 g/mol. The number of aromatic nitrogens is 2. The Hall–Kier alpha value is -4.87. The molecule has 14 heteroatoms. The summed E-state index contributed by atoms with van der Waals surface area (Å²) in [5, 5.41) is 6.18. The number of rotatable bonds is 7. The van der Waals surface area contributed by atoms with E-state index in [2.05, 4.69) is 26.4 Å². The molecule has 4 atom stereocenters. The zero-order chi connectivity index (χ0) is 35.6. The van der Waals surface area contributed by atoms with E-state index in [1.165, 1.54) is 32.4 Å². The summed E-state index contributed by atoms with van der Waals surface area (Å²) < 4.78 is 81.4. The molecule has 10 nitrogen and oxygen atoms in total. The first-order chi connectivity index (χ1) is 24.6. The molecule has 4 aromatic rings. The number of ether oxygens (including phenoxy) is 3. The number of alkyl halides is 1. The van der Waals surface area contributed by atoms with Crippen LogP contribution in [0.15, 0.2) is 24.3 Å². The van der Waals surface area contributed by atoms with E-state index in [0.717, 1.165) is 38.3 Å². The van der Waals surface area contributed by atoms with Crippen LogP contribution in [0.3, 0.4) is 0 Å². The predicted octanol–water partition coefficient (Wildman–Crippen LogP) is 5.47. The molecule has 4 fully saturated rings. The normalized spacial score (nSPS) is 24.2. The molecule has 0 spiro atoms. The maximum absolute atomic E-state index is 17.4. The number of hydrogen-bond donors (Lipinski definition) is 2. The number of nitrogens with zero attached hydrogens (tertiary/aromatic N) is 4. The van der Waals surface area contributed by atoms with Crippen molar-refractivity contribution in [3.63, 3.8) is 0 Å². The highest BCUT2D eigenvalue weighted by molar-refractivity contribution is 6.06. The fraction of sp³-hybridized carbons (Fsp3) is 0.432. The van der Waals surface area contributed by atoms with Crippen molar-refractivity contribution in [3.8, 4) is 41.0 Å². The Morgan fingerprint density at radius 2 is 1.90 bits per heavy atom. The lowest BCUT2D eigenvalue weighted by molar-refractivity contribution is 0.107. The monoisotopic (exact) mass is 704 g/mol. The topological polar surface area (TPSA) is 101 Å². The third-order valence-electron chi connectivity index (χ3n) is 10.8. The summed E-state index contributed by atoms with van der Waals surface area (Å²) in [5.74, 6) is -0.862. The van der Waals surface area contributed by atoms with E-state index in [1.807, 2.05) is 4.90 Å². The zero-order valence-corrected chi connectivity index (χ0v) is 28.1. The molecule has 0 radical (unpaired) electrons. The molecule has 8 rings (SSSR count). The molecule has 0 aliphatic carbocycles. The van der Waals surface area contributed by atoms with E-state index in [0.29, 0.717) is 26.1 Å². The lowest BCUT2D eigenvalue weighted by Crippen LogP contribution is -2.51. The summed E-state index contributed by atoms with van der Waals surface area (Å²) in [5.41, 5.74) is -1.87. The molecule has 2 unspecified atom stereocenters. The fourth-order valence-corrected chi connectivity index (χ4v) is 8.54. The van der Waals surface area contributed by atoms with Crippen molar-refractivity contribution in [2.45, 2.75) is 55.9 Å². The van der Waals surface area contributed by atoms with E-state index in [9.17, 15) is 9.18 Å². The largest absolute Gasteiger partial charge is 0.493 e. The number of nitrogens with one attached hydrogen (secondary N) is 2. The Morgan fingerprint density at radius 1 is 1.12 bits per heavy atom. The van der Waals surface area contributed by atoms with Crippen LogP contribution in [0.2, 0.25) is 0 Å². The maximum atomic E-state index is 17.4. The Morgan fingerprint density at radius 3 is 2.63 bits per heavy atom. The average Bonchev–Trinajstić information content (AvgIpc) is 3.77. The van der Waals surface area contributed by atoms with Crippen molar-refractivity contribution < 1.29 is 36.6 Å². The number of terminal acetylenes is 1. The lowest BCUT2D eigenvalue weighted by Gasteiger charge is -2.35. The molecule has 0 saturated carbocycles. The number of carbonyl (C=O) groups is 1. The van der Waals surface area contributed by atoms with Crippen molar-refractivity contribution in [1.82, 2.24) is 25.5 Å². The third-order valence-corrected chi connectivity index (χ3v) is 10.8. The molecule has 4 aliphatic heterocycles. The smallest absolute Gasteiger partial charge is 0.412 e. The van der Waals surface area contributed by atoms with Gasteiger partial charge in [0.05, 0.1) is 29.2 Å². The summed E-state index contributed by atoms with van der Waals surface area (Å²) in [6.07, 6.45) is 7.74. The molecule has 1 aromatic heterocycles. The van der Waals surface area contributed by atoms with Crippen LogP contribution in [0.5, 0.6) is 17.5 Å². The highest BCUT2D eigenvalue weighted by Crippen LogP contribution is 2.47. The van der Waals surface area contributed by atoms with Gasteiger partial charge in [-0.2, -0.15) is 9.97 Å². The van der Waals surface area contributed by atoms with Gasteiger partial charge in [-0.05, 0) is 55.8 Å². The Bertz CT molecular complexity index is 2120. The molecule has 3 aromatic carbocycles. The van der Waals surface area contributed by atoms with Gasteiger partial charge in [-0.15, -0.1) is 6.42 Å². The molecule has 5 heterocycles. The fourth-order valence-electron chi connectivity index (χ4n) is 8.54. The minimum atomic E-state index is -1.11. The summed E-state index contributed by atoms with van der Waals surface area (Å²) >= 11 is 0. The second-order valence-corrected chi connectivity index (χ2v) is 13.8. The van der Waals surface area contributed by atoms with E-state index >= 15 is 13.2 Å². The first kappa shape index (κ1) is 33.3. The summed E-state index contributed by atoms with van der Waals surface area (Å²) in [7, 11) is 2.61. The molecular formula is C37H36F4N6O4. The minimum Gasteiger partial charge on any atom is -0.493 e. The van der Waals surface area contributed by atoms with Crippen LogP contribution >= 0.6 is 0 Å². The SMILES string of the molecule is C#Cc1c(F)ccc2cc(OC(=O)NC)cc(-c3c(F)c(OC)c4c(N5CC6CCC(C5)N6)nc(OC[C@@]56CCCN5C[C@H](F)C6)nc4c3F)c12. The van der Waals surface area contributed by atoms with Gasteiger partial charge in [0.15, 0.2) is 17.4 Å². The first-order valence-corrected chi connectivity index (χ1v) is 17.1. The maximum Gasteiger partial charge on any atom is 0.412 e. The molecule has 4 aliphatic rings. The van der Waals surface area contributed by atoms with E-state index in [1.54, 1.807) is 0 Å². The van der Waals surface area contributed by atoms with Crippen LogP contribution < -0.4 is 29.7 Å². The van der Waals surface area contributed by atoms with Crippen molar-refractivity contribution in [2.75, 3.05) is 51.8 Å². The summed E-state index contributed by atoms with van der Waals surface area (Å²) in [6, 6.07) is 5.29. The molecule has 266 valence electrons. The minimum absolute atomic E-state index is 0.000620. The predicted molar refractivity (Wildman–Crippen MR) is 183 cm³/mol. The van der Waals surface area contributed by atoms with Gasteiger partial charge in [0.25, 0.3) is 0 Å². The van der Waals surface area contributed by atoms with Crippen molar-refractivity contribution in [2.24, 2.45) is 0 Å². The number of halogens is 4. The van der Waals surface area contributed by atoms with E-state index in [4.69, 9.17) is 25.6 Å². The molecule has 2 N–H and O–H groups in total. The highest BCUT2D eigenvalue weighted by Gasteiger charge is 2.49. The van der Waals surface area contributed by atoms with Gasteiger partial charge in [0.1, 0.15) is 35.7 Å². The Kier molecular flexibility index (Phi) is 8.30. The summed E-state index contributed by atoms with van der Waals surface area (Å²) in [4.78, 5) is 25.5. The number of anilines is 1. The van der Waals surface area contributed by atoms with Crippen LogP contribution in [-0.4, -0.2) is 91.7 Å². The molecule has 2 bridgehead atoms. The standard InChI is InChI=1S/C37H36F4N6O4/c1-4-24-26(39)9-6-19-12-23(51-36(48)42-2)13-25(27(19)24)28-30(40)32-29(33(49-3)31(28)41)34(46-16-21-7-8-22(17-46)43-21)45-35(44-32)50-18-37-10-5-11-47(37)15-20(38)14-37/h1,6,9,12-13,20-22,43H,5,7-8,10-11,14-18H2,2-3H3,(H,42,48)/t20-,21?,22?,37+/m1/s1. The summed E-state index contributed by atoms with van der Waals surface area (Å²) in [6.45, 7) is 2.20. The number of methoxy groups -OCH3 is 1. The van der Waals surface area contributed by atoms with E-state index in [-0.39, 0.29) is 74.8 Å². The van der Waals surface area contributed by atoms with Crippen molar-refractivity contribution in [3.05, 3.63) is 47.3 Å². The molecular weight excluding hydrogens is 668 g/mol. The van der Waals surface area contributed by atoms with Gasteiger partial charge in [0, 0.05) is 56.1 Å². The highest BCUT2D eigenvalue weighted by atomic mass is 19.1. The number of piperazine rings is 1. The van der Waals surface area contributed by atoms with Crippen molar-refractivity contribution in [1.29, 1.82) is 0 Å². The van der Waals surface area contributed by atoms with Crippen LogP contribution in [0.4, 0.5) is 28.2 Å². The lowest BCUT2D eigenvalue weighted by atomic mass is 9.92. The quantitative estimate of drug-likeness (QED) is 0.192. The Labute approximate surface area is 291 Å². The Balaban J connectivity index is 1.36. The van der Waals surface area contributed by atoms with Gasteiger partial charge in [0.2, 0.25) is 0 Å². The number of carbonyl (C=O) groups excluding carboxylic acids is 1. The number of hydrogen-bond acceptors (Lipinski definition) is 9. The van der Waals surface area contributed by atoms with Crippen LogP contribution in [0, 0.1) is 29.8 Å². The van der Waals surface area contributed by atoms with Crippen LogP contribution in [0.25, 0.3) is 32.8 Å². The number of fused-ring (bicyclic) bond motifs is 5. The molecule has 4 saturated heterocycles. The zero-order valence-electron chi connectivity index (χ0n) is 28.1. The second-order valence-electron chi connectivity index (χ2n) is 13.8. The van der Waals surface area contributed by atoms with Gasteiger partial charge in [-0.3, -0.25) is 4.90 Å². The van der Waals surface area contributed by atoms with Gasteiger partial charge < -0.3 is 29.7 Å². The van der Waals surface area contributed by atoms with Crippen molar-refractivity contribution >= 4 is 33.6 Å². The van der Waals surface area contributed by atoms with Gasteiger partial charge in [-0.1, -0.05) is 12.0 Å². The van der Waals surface area contributed by atoms with Gasteiger partial charge >= 0.3 is 12.1 Å².